The first-order valence-corrected chi connectivity index (χ1v) is 5.96. The van der Waals surface area contributed by atoms with Gasteiger partial charge in [0, 0.05) is 26.1 Å². The number of rotatable bonds is 5. The van der Waals surface area contributed by atoms with Crippen LogP contribution in [-0.2, 0) is 4.79 Å². The van der Waals surface area contributed by atoms with Crippen molar-refractivity contribution in [3.05, 3.63) is 0 Å². The Morgan fingerprint density at radius 1 is 1.44 bits per heavy atom. The van der Waals surface area contributed by atoms with E-state index in [1.54, 1.807) is 0 Å². The molecule has 0 radical (unpaired) electrons. The first kappa shape index (κ1) is 13.0. The van der Waals surface area contributed by atoms with E-state index in [0.29, 0.717) is 13.1 Å². The molecule has 90 valence electrons. The summed E-state index contributed by atoms with van der Waals surface area (Å²) >= 11 is 0. The molecule has 4 heteroatoms. The summed E-state index contributed by atoms with van der Waals surface area (Å²) in [6.07, 6.45) is 7.84. The second-order valence-corrected chi connectivity index (χ2v) is 4.04. The molecule has 0 saturated carbocycles. The number of hydrogen-bond donors (Lipinski definition) is 2. The van der Waals surface area contributed by atoms with Crippen molar-refractivity contribution in [1.29, 1.82) is 0 Å². The summed E-state index contributed by atoms with van der Waals surface area (Å²) in [5, 5.41) is 6.20. The Morgan fingerprint density at radius 3 is 3.12 bits per heavy atom. The molecule has 16 heavy (non-hydrogen) atoms. The topological polar surface area (TPSA) is 44.4 Å². The van der Waals surface area contributed by atoms with Crippen LogP contribution in [0.25, 0.3) is 0 Å². The van der Waals surface area contributed by atoms with Gasteiger partial charge in [0.2, 0.25) is 5.91 Å². The number of hydrogen-bond acceptors (Lipinski definition) is 3. The molecule has 1 rings (SSSR count). The molecule has 1 saturated heterocycles. The van der Waals surface area contributed by atoms with E-state index in [0.717, 1.165) is 45.4 Å². The average molecular weight is 223 g/mol. The van der Waals surface area contributed by atoms with Crippen molar-refractivity contribution in [3.63, 3.8) is 0 Å². The van der Waals surface area contributed by atoms with Crippen LogP contribution < -0.4 is 10.6 Å². The van der Waals surface area contributed by atoms with Gasteiger partial charge < -0.3 is 10.6 Å². The molecule has 0 spiro atoms. The lowest BCUT2D eigenvalue weighted by Gasteiger charge is -2.18. The van der Waals surface area contributed by atoms with Gasteiger partial charge in [0.1, 0.15) is 0 Å². The first-order chi connectivity index (χ1) is 7.83. The predicted octanol–water partition coefficient (Wildman–Crippen LogP) is -0.189. The summed E-state index contributed by atoms with van der Waals surface area (Å²) < 4.78 is 0. The lowest BCUT2D eigenvalue weighted by molar-refractivity contribution is -0.122. The largest absolute Gasteiger partial charge is 0.355 e. The summed E-state index contributed by atoms with van der Waals surface area (Å²) in [7, 11) is 0. The summed E-state index contributed by atoms with van der Waals surface area (Å²) in [5.41, 5.74) is 0. The number of carbonyl (C=O) groups excluding carboxylic acids is 1. The molecule has 0 atom stereocenters. The van der Waals surface area contributed by atoms with E-state index >= 15 is 0 Å². The molecule has 0 aromatic heterocycles. The van der Waals surface area contributed by atoms with Gasteiger partial charge in [0.15, 0.2) is 0 Å². The number of carbonyl (C=O) groups is 1. The van der Waals surface area contributed by atoms with Gasteiger partial charge in [-0.25, -0.2) is 0 Å². The van der Waals surface area contributed by atoms with Crippen LogP contribution in [0.5, 0.6) is 0 Å². The van der Waals surface area contributed by atoms with Gasteiger partial charge in [-0.2, -0.15) is 0 Å². The van der Waals surface area contributed by atoms with Gasteiger partial charge in [-0.05, 0) is 25.9 Å². The van der Waals surface area contributed by atoms with Gasteiger partial charge >= 0.3 is 0 Å². The maximum absolute atomic E-state index is 11.6. The molecule has 1 aliphatic heterocycles. The van der Waals surface area contributed by atoms with Crippen LogP contribution in [0.15, 0.2) is 0 Å². The van der Waals surface area contributed by atoms with E-state index in [1.807, 2.05) is 0 Å². The van der Waals surface area contributed by atoms with E-state index in [4.69, 9.17) is 6.42 Å². The van der Waals surface area contributed by atoms with Crippen molar-refractivity contribution in [2.24, 2.45) is 0 Å². The lowest BCUT2D eigenvalue weighted by Crippen LogP contribution is -2.39. The zero-order valence-electron chi connectivity index (χ0n) is 9.80. The standard InChI is InChI=1S/C12H21N3O/c1-2-3-4-7-14-12(16)11-15-9-5-6-13-8-10-15/h1,13H,3-11H2,(H,14,16). The van der Waals surface area contributed by atoms with Crippen molar-refractivity contribution >= 4 is 5.91 Å². The third kappa shape index (κ3) is 5.74. The minimum absolute atomic E-state index is 0.110. The highest BCUT2D eigenvalue weighted by Crippen LogP contribution is 1.94. The predicted molar refractivity (Wildman–Crippen MR) is 65.0 cm³/mol. The number of terminal acetylenes is 1. The summed E-state index contributed by atoms with van der Waals surface area (Å²) in [5.74, 6) is 2.67. The van der Waals surface area contributed by atoms with Gasteiger partial charge in [0.25, 0.3) is 0 Å². The van der Waals surface area contributed by atoms with Crippen LogP contribution in [0.2, 0.25) is 0 Å². The second-order valence-electron chi connectivity index (χ2n) is 4.04. The number of nitrogens with one attached hydrogen (secondary N) is 2. The van der Waals surface area contributed by atoms with Gasteiger partial charge in [-0.3, -0.25) is 9.69 Å². The monoisotopic (exact) mass is 223 g/mol. The average Bonchev–Trinajstić information content (AvgIpc) is 2.53. The Bertz CT molecular complexity index is 239. The van der Waals surface area contributed by atoms with E-state index in [9.17, 15) is 4.79 Å². The lowest BCUT2D eigenvalue weighted by atomic mass is 10.3. The molecule has 4 nitrogen and oxygen atoms in total. The molecule has 1 fully saturated rings. The van der Waals surface area contributed by atoms with Crippen molar-refractivity contribution in [3.8, 4) is 12.3 Å². The highest BCUT2D eigenvalue weighted by molar-refractivity contribution is 5.77. The van der Waals surface area contributed by atoms with E-state index in [1.165, 1.54) is 0 Å². The number of amides is 1. The maximum atomic E-state index is 11.6. The van der Waals surface area contributed by atoms with Crippen molar-refractivity contribution in [2.75, 3.05) is 39.3 Å². The smallest absolute Gasteiger partial charge is 0.234 e. The minimum Gasteiger partial charge on any atom is -0.355 e. The number of nitrogens with zero attached hydrogens (tertiary/aromatic N) is 1. The molecule has 2 N–H and O–H groups in total. The van der Waals surface area contributed by atoms with Crippen molar-refractivity contribution < 1.29 is 4.79 Å². The number of unbranched alkanes of at least 4 members (excludes halogenated alkanes) is 1. The third-order valence-corrected chi connectivity index (χ3v) is 2.62. The maximum Gasteiger partial charge on any atom is 0.234 e. The quantitative estimate of drug-likeness (QED) is 0.501. The Kier molecular flexibility index (Phi) is 6.62. The third-order valence-electron chi connectivity index (χ3n) is 2.62. The fraction of sp³-hybridized carbons (Fsp3) is 0.750. The highest BCUT2D eigenvalue weighted by Gasteiger charge is 2.11. The molecule has 0 bridgehead atoms. The summed E-state index contributed by atoms with van der Waals surface area (Å²) in [6, 6.07) is 0. The van der Waals surface area contributed by atoms with Crippen LogP contribution in [0.1, 0.15) is 19.3 Å². The SMILES string of the molecule is C#CCCCNC(=O)CN1CCCNCC1. The molecule has 1 aliphatic rings. The molecule has 1 heterocycles. The summed E-state index contributed by atoms with van der Waals surface area (Å²) in [6.45, 7) is 5.19. The molecule has 1 amide bonds. The van der Waals surface area contributed by atoms with Crippen molar-refractivity contribution in [1.82, 2.24) is 15.5 Å². The van der Waals surface area contributed by atoms with Crippen LogP contribution in [0.3, 0.4) is 0 Å². The van der Waals surface area contributed by atoms with Gasteiger partial charge in [-0.15, -0.1) is 12.3 Å². The highest BCUT2D eigenvalue weighted by atomic mass is 16.2. The molecule has 0 aliphatic carbocycles. The van der Waals surface area contributed by atoms with Crippen LogP contribution in [0, 0.1) is 12.3 Å². The van der Waals surface area contributed by atoms with Crippen LogP contribution >= 0.6 is 0 Å². The Morgan fingerprint density at radius 2 is 2.31 bits per heavy atom. The normalized spacial score (nSPS) is 17.4. The zero-order valence-corrected chi connectivity index (χ0v) is 9.80. The minimum atomic E-state index is 0.110. The molecule has 0 aromatic carbocycles. The fourth-order valence-electron chi connectivity index (χ4n) is 1.74. The van der Waals surface area contributed by atoms with E-state index < -0.39 is 0 Å². The fourth-order valence-corrected chi connectivity index (χ4v) is 1.74. The van der Waals surface area contributed by atoms with Gasteiger partial charge in [-0.1, -0.05) is 0 Å². The van der Waals surface area contributed by atoms with Crippen molar-refractivity contribution in [2.45, 2.75) is 19.3 Å². The zero-order chi connectivity index (χ0) is 11.6. The molecule has 0 aromatic rings. The first-order valence-electron chi connectivity index (χ1n) is 5.96. The molecule has 0 unspecified atom stereocenters. The Hall–Kier alpha value is -1.05. The summed E-state index contributed by atoms with van der Waals surface area (Å²) in [4.78, 5) is 13.8. The molecular formula is C12H21N3O. The Labute approximate surface area is 97.8 Å². The Balaban J connectivity index is 2.10. The van der Waals surface area contributed by atoms with Crippen LogP contribution in [-0.4, -0.2) is 50.1 Å². The van der Waals surface area contributed by atoms with Gasteiger partial charge in [0.05, 0.1) is 6.54 Å². The molecular weight excluding hydrogens is 202 g/mol. The van der Waals surface area contributed by atoms with Crippen LogP contribution in [0.4, 0.5) is 0 Å². The van der Waals surface area contributed by atoms with E-state index in [-0.39, 0.29) is 5.91 Å². The van der Waals surface area contributed by atoms with E-state index in [2.05, 4.69) is 21.5 Å². The second kappa shape index (κ2) is 8.14.